The first kappa shape index (κ1) is 24.7. The quantitative estimate of drug-likeness (QED) is 0.539. The molecule has 2 amide bonds. The van der Waals surface area contributed by atoms with Crippen LogP contribution in [0.25, 0.3) is 0 Å². The highest BCUT2D eigenvalue weighted by atomic mass is 32.2. The Labute approximate surface area is 194 Å². The van der Waals surface area contributed by atoms with Crippen molar-refractivity contribution in [1.29, 1.82) is 0 Å². The minimum absolute atomic E-state index is 0.0130. The highest BCUT2D eigenvalue weighted by Gasteiger charge is 2.28. The normalized spacial score (nSPS) is 14.5. The van der Waals surface area contributed by atoms with Crippen LogP contribution in [0.5, 0.6) is 5.75 Å². The van der Waals surface area contributed by atoms with E-state index in [1.807, 2.05) is 6.92 Å². The third-order valence-electron chi connectivity index (χ3n) is 5.26. The standard InChI is InChI=1S/C23H29N3O6S/c1-3-4-11-24-22(27)18-7-5-6-8-20(18)25-23(28)19-16-17(9-10-21(19)31-2)33(29,30)26-12-14-32-15-13-26/h5-10,16H,3-4,11-15H2,1-2H3,(H,24,27)(H,25,28). The summed E-state index contributed by atoms with van der Waals surface area (Å²) in [5, 5.41) is 5.55. The Morgan fingerprint density at radius 1 is 1.06 bits per heavy atom. The number of hydrogen-bond acceptors (Lipinski definition) is 6. The number of nitrogens with zero attached hydrogens (tertiary/aromatic N) is 1. The van der Waals surface area contributed by atoms with E-state index in [0.29, 0.717) is 31.0 Å². The predicted molar refractivity (Wildman–Crippen MR) is 124 cm³/mol. The number of anilines is 1. The lowest BCUT2D eigenvalue weighted by molar-refractivity contribution is 0.0730. The first-order chi connectivity index (χ1) is 15.9. The molecule has 1 heterocycles. The minimum atomic E-state index is -3.80. The summed E-state index contributed by atoms with van der Waals surface area (Å²) < 4.78 is 37.9. The van der Waals surface area contributed by atoms with E-state index in [2.05, 4.69) is 10.6 Å². The van der Waals surface area contributed by atoms with Crippen LogP contribution in [0.3, 0.4) is 0 Å². The fourth-order valence-corrected chi connectivity index (χ4v) is 4.85. The average Bonchev–Trinajstić information content (AvgIpc) is 2.84. The SMILES string of the molecule is CCCCNC(=O)c1ccccc1NC(=O)c1cc(S(=O)(=O)N2CCOCC2)ccc1OC. The third-order valence-corrected chi connectivity index (χ3v) is 7.15. The molecule has 0 aromatic heterocycles. The molecule has 10 heteroatoms. The summed E-state index contributed by atoms with van der Waals surface area (Å²) in [6.07, 6.45) is 1.80. The van der Waals surface area contributed by atoms with Crippen molar-refractivity contribution in [3.8, 4) is 5.75 Å². The zero-order valence-electron chi connectivity index (χ0n) is 18.8. The van der Waals surface area contributed by atoms with Crippen molar-refractivity contribution in [2.75, 3.05) is 45.3 Å². The van der Waals surface area contributed by atoms with E-state index in [1.54, 1.807) is 24.3 Å². The lowest BCUT2D eigenvalue weighted by Gasteiger charge is -2.26. The van der Waals surface area contributed by atoms with E-state index in [4.69, 9.17) is 9.47 Å². The second-order valence-corrected chi connectivity index (χ2v) is 9.43. The average molecular weight is 476 g/mol. The fraction of sp³-hybridized carbons (Fsp3) is 0.391. The minimum Gasteiger partial charge on any atom is -0.496 e. The Morgan fingerprint density at radius 2 is 1.79 bits per heavy atom. The second-order valence-electron chi connectivity index (χ2n) is 7.49. The van der Waals surface area contributed by atoms with Gasteiger partial charge in [-0.1, -0.05) is 25.5 Å². The van der Waals surface area contributed by atoms with Crippen LogP contribution < -0.4 is 15.4 Å². The van der Waals surface area contributed by atoms with Crippen molar-refractivity contribution < 1.29 is 27.5 Å². The van der Waals surface area contributed by atoms with Crippen LogP contribution in [0, 0.1) is 0 Å². The number of hydrogen-bond donors (Lipinski definition) is 2. The highest BCUT2D eigenvalue weighted by molar-refractivity contribution is 7.89. The molecule has 178 valence electrons. The van der Waals surface area contributed by atoms with Crippen molar-refractivity contribution >= 4 is 27.5 Å². The van der Waals surface area contributed by atoms with Gasteiger partial charge in [0.1, 0.15) is 5.75 Å². The van der Waals surface area contributed by atoms with E-state index < -0.39 is 15.9 Å². The smallest absolute Gasteiger partial charge is 0.259 e. The summed E-state index contributed by atoms with van der Waals surface area (Å²) in [7, 11) is -2.40. The van der Waals surface area contributed by atoms with Gasteiger partial charge >= 0.3 is 0 Å². The summed E-state index contributed by atoms with van der Waals surface area (Å²) in [5.41, 5.74) is 0.686. The molecular formula is C23H29N3O6S. The van der Waals surface area contributed by atoms with Gasteiger partial charge in [-0.2, -0.15) is 4.31 Å². The van der Waals surface area contributed by atoms with E-state index in [1.165, 1.54) is 29.6 Å². The number of ether oxygens (including phenoxy) is 2. The van der Waals surface area contributed by atoms with Gasteiger partial charge in [-0.25, -0.2) is 8.42 Å². The molecule has 1 fully saturated rings. The van der Waals surface area contributed by atoms with Gasteiger partial charge in [0, 0.05) is 19.6 Å². The largest absolute Gasteiger partial charge is 0.496 e. The maximum atomic E-state index is 13.1. The van der Waals surface area contributed by atoms with E-state index in [-0.39, 0.29) is 35.2 Å². The molecule has 1 saturated heterocycles. The molecule has 2 aromatic rings. The monoisotopic (exact) mass is 475 g/mol. The number of rotatable bonds is 9. The van der Waals surface area contributed by atoms with Crippen LogP contribution in [-0.2, 0) is 14.8 Å². The van der Waals surface area contributed by atoms with Gasteiger partial charge in [0.05, 0.1) is 42.0 Å². The lowest BCUT2D eigenvalue weighted by Crippen LogP contribution is -2.40. The van der Waals surface area contributed by atoms with Gasteiger partial charge in [-0.15, -0.1) is 0 Å². The fourth-order valence-electron chi connectivity index (χ4n) is 3.41. The Hall–Kier alpha value is -2.95. The first-order valence-corrected chi connectivity index (χ1v) is 12.3. The molecule has 0 bridgehead atoms. The van der Waals surface area contributed by atoms with Crippen LogP contribution in [0.4, 0.5) is 5.69 Å². The Kier molecular flexibility index (Phi) is 8.43. The number of morpholine rings is 1. The van der Waals surface area contributed by atoms with Crippen LogP contribution in [-0.4, -0.2) is 64.5 Å². The highest BCUT2D eigenvalue weighted by Crippen LogP contribution is 2.26. The molecule has 0 aliphatic carbocycles. The summed E-state index contributed by atoms with van der Waals surface area (Å²) in [6.45, 7) is 3.69. The Bertz CT molecular complexity index is 1100. The third kappa shape index (κ3) is 5.89. The van der Waals surface area contributed by atoms with E-state index in [0.717, 1.165) is 12.8 Å². The van der Waals surface area contributed by atoms with Crippen LogP contribution in [0.15, 0.2) is 47.4 Å². The molecule has 2 N–H and O–H groups in total. The second kappa shape index (κ2) is 11.3. The summed E-state index contributed by atoms with van der Waals surface area (Å²) in [5.74, 6) is -0.659. The lowest BCUT2D eigenvalue weighted by atomic mass is 10.1. The molecule has 1 aliphatic heterocycles. The molecule has 9 nitrogen and oxygen atoms in total. The van der Waals surface area contributed by atoms with Crippen LogP contribution >= 0.6 is 0 Å². The number of nitrogens with one attached hydrogen (secondary N) is 2. The molecule has 33 heavy (non-hydrogen) atoms. The molecule has 0 unspecified atom stereocenters. The van der Waals surface area contributed by atoms with E-state index in [9.17, 15) is 18.0 Å². The van der Waals surface area contributed by atoms with Crippen molar-refractivity contribution in [2.45, 2.75) is 24.7 Å². The first-order valence-electron chi connectivity index (χ1n) is 10.8. The molecule has 3 rings (SSSR count). The van der Waals surface area contributed by atoms with Crippen molar-refractivity contribution in [3.63, 3.8) is 0 Å². The zero-order valence-corrected chi connectivity index (χ0v) is 19.6. The molecular weight excluding hydrogens is 446 g/mol. The molecule has 0 saturated carbocycles. The summed E-state index contributed by atoms with van der Waals surface area (Å²) in [4.78, 5) is 25.7. The molecule has 0 spiro atoms. The number of carbonyl (C=O) groups excluding carboxylic acids is 2. The van der Waals surface area contributed by atoms with Gasteiger partial charge in [0.25, 0.3) is 11.8 Å². The predicted octanol–water partition coefficient (Wildman–Crippen LogP) is 2.50. The van der Waals surface area contributed by atoms with Gasteiger partial charge < -0.3 is 20.1 Å². The van der Waals surface area contributed by atoms with Gasteiger partial charge in [-0.3, -0.25) is 9.59 Å². The number of carbonyl (C=O) groups is 2. The van der Waals surface area contributed by atoms with Crippen molar-refractivity contribution in [1.82, 2.24) is 9.62 Å². The molecule has 0 atom stereocenters. The van der Waals surface area contributed by atoms with Gasteiger partial charge in [-0.05, 0) is 36.8 Å². The topological polar surface area (TPSA) is 114 Å². The zero-order chi connectivity index (χ0) is 23.8. The summed E-state index contributed by atoms with van der Waals surface area (Å²) >= 11 is 0. The van der Waals surface area contributed by atoms with Crippen LogP contribution in [0.2, 0.25) is 0 Å². The van der Waals surface area contributed by atoms with Gasteiger partial charge in [0.2, 0.25) is 10.0 Å². The van der Waals surface area contributed by atoms with Crippen LogP contribution in [0.1, 0.15) is 40.5 Å². The van der Waals surface area contributed by atoms with Gasteiger partial charge in [0.15, 0.2) is 0 Å². The Balaban J connectivity index is 1.87. The van der Waals surface area contributed by atoms with Crippen molar-refractivity contribution in [3.05, 3.63) is 53.6 Å². The molecule has 0 radical (unpaired) electrons. The molecule has 2 aromatic carbocycles. The van der Waals surface area contributed by atoms with E-state index >= 15 is 0 Å². The maximum Gasteiger partial charge on any atom is 0.259 e. The number of para-hydroxylation sites is 1. The summed E-state index contributed by atoms with van der Waals surface area (Å²) in [6, 6.07) is 10.8. The number of unbranched alkanes of at least 4 members (excludes halogenated alkanes) is 1. The number of methoxy groups -OCH3 is 1. The number of sulfonamides is 1. The van der Waals surface area contributed by atoms with Crippen molar-refractivity contribution in [2.24, 2.45) is 0 Å². The maximum absolute atomic E-state index is 13.1. The number of amides is 2. The number of benzene rings is 2. The molecule has 1 aliphatic rings. The Morgan fingerprint density at radius 3 is 2.48 bits per heavy atom.